The van der Waals surface area contributed by atoms with Gasteiger partial charge in [0, 0.05) is 17.4 Å². The molecule has 0 saturated carbocycles. The number of nitrogens with zero attached hydrogens (tertiary/aromatic N) is 1. The summed E-state index contributed by atoms with van der Waals surface area (Å²) in [5.41, 5.74) is 2.69. The summed E-state index contributed by atoms with van der Waals surface area (Å²) in [4.78, 5) is 16.9. The largest absolute Gasteiger partial charge is 0.494 e. The normalized spacial score (nSPS) is 10.4. The molecule has 29 heavy (non-hydrogen) atoms. The molecule has 0 radical (unpaired) electrons. The Morgan fingerprint density at radius 3 is 2.62 bits per heavy atom. The number of rotatable bonds is 9. The van der Waals surface area contributed by atoms with Crippen LogP contribution >= 0.6 is 11.3 Å². The van der Waals surface area contributed by atoms with Crippen LogP contribution in [0.5, 0.6) is 17.2 Å². The Kier molecular flexibility index (Phi) is 7.08. The number of anilines is 1. The number of methoxy groups -OCH3 is 2. The molecule has 6 nitrogen and oxygen atoms in total. The molecule has 0 unspecified atom stereocenters. The molecule has 2 aromatic carbocycles. The second kappa shape index (κ2) is 9.93. The Balaban J connectivity index is 1.62. The first-order chi connectivity index (χ1) is 14.1. The third-order valence-electron chi connectivity index (χ3n) is 4.32. The quantitative estimate of drug-likeness (QED) is 0.547. The Morgan fingerprint density at radius 1 is 1.07 bits per heavy atom. The molecule has 0 fully saturated rings. The van der Waals surface area contributed by atoms with Crippen LogP contribution in [0.3, 0.4) is 0 Å². The number of amides is 1. The zero-order valence-corrected chi connectivity index (χ0v) is 17.5. The SMILES string of the molecule is CCOc1ccccc1CCC(=O)Nc1nc(-c2ccc(OC)c(OC)c2)cs1. The van der Waals surface area contributed by atoms with Crippen molar-refractivity contribution in [1.29, 1.82) is 0 Å². The number of para-hydroxylation sites is 1. The van der Waals surface area contributed by atoms with Gasteiger partial charge in [-0.05, 0) is 43.2 Å². The van der Waals surface area contributed by atoms with Gasteiger partial charge in [-0.1, -0.05) is 18.2 Å². The maximum Gasteiger partial charge on any atom is 0.226 e. The summed E-state index contributed by atoms with van der Waals surface area (Å²) >= 11 is 1.39. The minimum absolute atomic E-state index is 0.0792. The first-order valence-electron chi connectivity index (χ1n) is 9.33. The zero-order valence-electron chi connectivity index (χ0n) is 16.7. The highest BCUT2D eigenvalue weighted by Crippen LogP contribution is 2.33. The average molecular weight is 413 g/mol. The fourth-order valence-corrected chi connectivity index (χ4v) is 3.63. The van der Waals surface area contributed by atoms with E-state index in [0.717, 1.165) is 22.6 Å². The van der Waals surface area contributed by atoms with Crippen LogP contribution in [0.1, 0.15) is 18.9 Å². The van der Waals surface area contributed by atoms with Crippen molar-refractivity contribution < 1.29 is 19.0 Å². The smallest absolute Gasteiger partial charge is 0.226 e. The van der Waals surface area contributed by atoms with Crippen molar-refractivity contribution in [2.45, 2.75) is 19.8 Å². The molecule has 0 atom stereocenters. The van der Waals surface area contributed by atoms with E-state index in [1.54, 1.807) is 14.2 Å². The molecule has 0 spiro atoms. The molecule has 152 valence electrons. The summed E-state index contributed by atoms with van der Waals surface area (Å²) in [5.74, 6) is 2.04. The van der Waals surface area contributed by atoms with E-state index in [1.807, 2.05) is 54.8 Å². The summed E-state index contributed by atoms with van der Waals surface area (Å²) in [6.45, 7) is 2.54. The number of hydrogen-bond donors (Lipinski definition) is 1. The van der Waals surface area contributed by atoms with Gasteiger partial charge in [0.05, 0.1) is 26.5 Å². The first-order valence-corrected chi connectivity index (χ1v) is 10.2. The van der Waals surface area contributed by atoms with E-state index in [9.17, 15) is 4.79 Å². The summed E-state index contributed by atoms with van der Waals surface area (Å²) < 4.78 is 16.2. The minimum Gasteiger partial charge on any atom is -0.494 e. The van der Waals surface area contributed by atoms with Crippen molar-refractivity contribution in [2.24, 2.45) is 0 Å². The minimum atomic E-state index is -0.0792. The van der Waals surface area contributed by atoms with E-state index < -0.39 is 0 Å². The molecule has 3 aromatic rings. The monoisotopic (exact) mass is 412 g/mol. The molecule has 1 N–H and O–H groups in total. The van der Waals surface area contributed by atoms with Crippen molar-refractivity contribution in [3.05, 3.63) is 53.4 Å². The number of aromatic nitrogens is 1. The predicted molar refractivity (Wildman–Crippen MR) is 115 cm³/mol. The molecule has 0 aliphatic rings. The third-order valence-corrected chi connectivity index (χ3v) is 5.08. The van der Waals surface area contributed by atoms with E-state index in [2.05, 4.69) is 10.3 Å². The summed E-state index contributed by atoms with van der Waals surface area (Å²) in [6, 6.07) is 13.4. The Morgan fingerprint density at radius 2 is 1.86 bits per heavy atom. The maximum atomic E-state index is 12.4. The van der Waals surface area contributed by atoms with Gasteiger partial charge in [-0.25, -0.2) is 4.98 Å². The lowest BCUT2D eigenvalue weighted by Gasteiger charge is -2.09. The summed E-state index contributed by atoms with van der Waals surface area (Å²) in [7, 11) is 3.19. The zero-order chi connectivity index (χ0) is 20.6. The highest BCUT2D eigenvalue weighted by molar-refractivity contribution is 7.14. The molecule has 3 rings (SSSR count). The number of benzene rings is 2. The van der Waals surface area contributed by atoms with Crippen LogP contribution in [-0.4, -0.2) is 31.7 Å². The van der Waals surface area contributed by atoms with E-state index in [4.69, 9.17) is 14.2 Å². The third kappa shape index (κ3) is 5.26. The van der Waals surface area contributed by atoms with Crippen LogP contribution in [-0.2, 0) is 11.2 Å². The Hall–Kier alpha value is -3.06. The van der Waals surface area contributed by atoms with Crippen LogP contribution < -0.4 is 19.5 Å². The van der Waals surface area contributed by atoms with Crippen LogP contribution in [0, 0.1) is 0 Å². The van der Waals surface area contributed by atoms with Gasteiger partial charge in [0.2, 0.25) is 5.91 Å². The number of carbonyl (C=O) groups is 1. The number of carbonyl (C=O) groups excluding carboxylic acids is 1. The fourth-order valence-electron chi connectivity index (χ4n) is 2.90. The van der Waals surface area contributed by atoms with Gasteiger partial charge in [0.15, 0.2) is 16.6 Å². The van der Waals surface area contributed by atoms with Gasteiger partial charge in [-0.2, -0.15) is 0 Å². The number of hydrogen-bond acceptors (Lipinski definition) is 6. The summed E-state index contributed by atoms with van der Waals surface area (Å²) in [5, 5.41) is 5.35. The molecular weight excluding hydrogens is 388 g/mol. The van der Waals surface area contributed by atoms with E-state index in [1.165, 1.54) is 11.3 Å². The van der Waals surface area contributed by atoms with Crippen LogP contribution in [0.25, 0.3) is 11.3 Å². The molecule has 7 heteroatoms. The van der Waals surface area contributed by atoms with Crippen LogP contribution in [0.15, 0.2) is 47.8 Å². The molecule has 1 heterocycles. The molecule has 0 aliphatic carbocycles. The lowest BCUT2D eigenvalue weighted by atomic mass is 10.1. The highest BCUT2D eigenvalue weighted by atomic mass is 32.1. The highest BCUT2D eigenvalue weighted by Gasteiger charge is 2.12. The summed E-state index contributed by atoms with van der Waals surface area (Å²) in [6.07, 6.45) is 0.964. The van der Waals surface area contributed by atoms with E-state index in [0.29, 0.717) is 36.1 Å². The molecule has 1 amide bonds. The van der Waals surface area contributed by atoms with Crippen molar-refractivity contribution in [3.8, 4) is 28.5 Å². The van der Waals surface area contributed by atoms with Crippen LogP contribution in [0.2, 0.25) is 0 Å². The Labute approximate surface area is 174 Å². The van der Waals surface area contributed by atoms with Crippen molar-refractivity contribution >= 4 is 22.4 Å². The number of thiazole rings is 1. The molecule has 0 aliphatic heterocycles. The van der Waals surface area contributed by atoms with Crippen molar-refractivity contribution in [2.75, 3.05) is 26.1 Å². The van der Waals surface area contributed by atoms with E-state index >= 15 is 0 Å². The second-order valence-electron chi connectivity index (χ2n) is 6.20. The fraction of sp³-hybridized carbons (Fsp3) is 0.273. The topological polar surface area (TPSA) is 69.7 Å². The lowest BCUT2D eigenvalue weighted by molar-refractivity contribution is -0.116. The van der Waals surface area contributed by atoms with Gasteiger partial charge in [0.1, 0.15) is 5.75 Å². The standard InChI is InChI=1S/C22H24N2O4S/c1-4-28-18-8-6-5-7-15(18)10-12-21(25)24-22-23-17(14-29-22)16-9-11-19(26-2)20(13-16)27-3/h5-9,11,13-14H,4,10,12H2,1-3H3,(H,23,24,25). The lowest BCUT2D eigenvalue weighted by Crippen LogP contribution is -2.12. The van der Waals surface area contributed by atoms with Gasteiger partial charge in [-0.15, -0.1) is 11.3 Å². The van der Waals surface area contributed by atoms with Crippen LogP contribution in [0.4, 0.5) is 5.13 Å². The number of aryl methyl sites for hydroxylation is 1. The van der Waals surface area contributed by atoms with Crippen molar-refractivity contribution in [3.63, 3.8) is 0 Å². The predicted octanol–water partition coefficient (Wildman–Crippen LogP) is 4.80. The first kappa shape index (κ1) is 20.7. The van der Waals surface area contributed by atoms with Crippen molar-refractivity contribution in [1.82, 2.24) is 4.98 Å². The number of nitrogens with one attached hydrogen (secondary N) is 1. The Bertz CT molecular complexity index is 971. The maximum absolute atomic E-state index is 12.4. The molecular formula is C22H24N2O4S. The molecule has 1 aromatic heterocycles. The molecule has 0 bridgehead atoms. The number of ether oxygens (including phenoxy) is 3. The van der Waals surface area contributed by atoms with Gasteiger partial charge < -0.3 is 19.5 Å². The molecule has 0 saturated heterocycles. The van der Waals surface area contributed by atoms with Gasteiger partial charge in [0.25, 0.3) is 0 Å². The second-order valence-corrected chi connectivity index (χ2v) is 7.05. The van der Waals surface area contributed by atoms with E-state index in [-0.39, 0.29) is 5.91 Å². The average Bonchev–Trinajstić information content (AvgIpc) is 3.21. The van der Waals surface area contributed by atoms with Gasteiger partial charge in [-0.3, -0.25) is 4.79 Å². The van der Waals surface area contributed by atoms with Gasteiger partial charge >= 0.3 is 0 Å².